The molecule has 22 heavy (non-hydrogen) atoms. The third-order valence-electron chi connectivity index (χ3n) is 3.19. The van der Waals surface area contributed by atoms with Gasteiger partial charge in [0.25, 0.3) is 0 Å². The summed E-state index contributed by atoms with van der Waals surface area (Å²) in [6.45, 7) is 12.9. The van der Waals surface area contributed by atoms with E-state index in [-0.39, 0.29) is 11.6 Å². The van der Waals surface area contributed by atoms with Crippen molar-refractivity contribution in [3.8, 4) is 0 Å². The quantitative estimate of drug-likeness (QED) is 0.635. The molecule has 0 atom stereocenters. The van der Waals surface area contributed by atoms with Crippen molar-refractivity contribution >= 4 is 60.0 Å². The second-order valence-corrected chi connectivity index (χ2v) is 20.4. The third-order valence-corrected chi connectivity index (χ3v) is 12.5. The van der Waals surface area contributed by atoms with Gasteiger partial charge in [-0.1, -0.05) is 39.3 Å². The van der Waals surface area contributed by atoms with Gasteiger partial charge >= 0.3 is 0 Å². The highest BCUT2D eigenvalue weighted by Crippen LogP contribution is 2.22. The first-order valence-electron chi connectivity index (χ1n) is 7.26. The van der Waals surface area contributed by atoms with Crippen LogP contribution < -0.4 is 9.00 Å². The van der Waals surface area contributed by atoms with Gasteiger partial charge in [-0.3, -0.25) is 0 Å². The number of hydrogen-bond donors (Lipinski definition) is 0. The zero-order chi connectivity index (χ0) is 16.7. The van der Waals surface area contributed by atoms with Crippen LogP contribution in [-0.2, 0) is 0 Å². The molecule has 0 radical (unpaired) electrons. The van der Waals surface area contributed by atoms with Gasteiger partial charge in [0.1, 0.15) is 11.6 Å². The summed E-state index contributed by atoms with van der Waals surface area (Å²) in [6.07, 6.45) is 3.80. The number of halogens is 2. The molecule has 0 aromatic carbocycles. The van der Waals surface area contributed by atoms with E-state index in [9.17, 15) is 8.78 Å². The molecule has 2 aromatic heterocycles. The van der Waals surface area contributed by atoms with Crippen molar-refractivity contribution < 1.29 is 8.78 Å². The first-order chi connectivity index (χ1) is 9.98. The van der Waals surface area contributed by atoms with Crippen LogP contribution >= 0.6 is 22.7 Å². The van der Waals surface area contributed by atoms with E-state index in [4.69, 9.17) is 0 Å². The van der Waals surface area contributed by atoms with E-state index >= 15 is 0 Å². The van der Waals surface area contributed by atoms with Crippen LogP contribution in [0.1, 0.15) is 9.75 Å². The molecule has 2 rings (SSSR count). The van der Waals surface area contributed by atoms with Crippen molar-refractivity contribution in [1.82, 2.24) is 0 Å². The summed E-state index contributed by atoms with van der Waals surface area (Å²) in [5, 5.41) is 0. The van der Waals surface area contributed by atoms with Crippen LogP contribution in [0.25, 0.3) is 12.2 Å². The molecule has 0 unspecified atom stereocenters. The lowest BCUT2D eigenvalue weighted by atomic mass is 10.3. The molecule has 0 spiro atoms. The molecule has 0 saturated heterocycles. The van der Waals surface area contributed by atoms with Crippen LogP contribution in [-0.4, -0.2) is 16.1 Å². The van der Waals surface area contributed by atoms with Gasteiger partial charge in [0.15, 0.2) is 0 Å². The Labute approximate surface area is 141 Å². The SMILES string of the molecule is C[Si](C)(C)c1sc(/C=C/c2cc(F)c([Si](C)(C)C)s2)cc1F. The zero-order valence-corrected chi connectivity index (χ0v) is 17.5. The standard InChI is InChI=1S/C16H22F2S2Si2/c1-21(2,3)15-13(17)9-11(19-15)7-8-12-10-14(18)16(20-12)22(4,5)6/h7-10H,1-6H3/b8-7+. The van der Waals surface area contributed by atoms with Crippen LogP contribution in [0.5, 0.6) is 0 Å². The minimum absolute atomic E-state index is 0.0936. The maximum atomic E-state index is 14.0. The van der Waals surface area contributed by atoms with Crippen LogP contribution in [0.4, 0.5) is 8.78 Å². The predicted octanol–water partition coefficient (Wildman–Crippen LogP) is 5.35. The second kappa shape index (κ2) is 6.15. The molecular formula is C16H22F2S2Si2. The molecule has 6 heteroatoms. The monoisotopic (exact) mass is 372 g/mol. The molecule has 0 fully saturated rings. The largest absolute Gasteiger partial charge is 0.206 e. The van der Waals surface area contributed by atoms with E-state index in [0.29, 0.717) is 0 Å². The van der Waals surface area contributed by atoms with E-state index in [1.54, 1.807) is 12.1 Å². The van der Waals surface area contributed by atoms with Gasteiger partial charge in [-0.2, -0.15) is 0 Å². The topological polar surface area (TPSA) is 0 Å². The minimum Gasteiger partial charge on any atom is -0.206 e. The van der Waals surface area contributed by atoms with E-state index in [2.05, 4.69) is 39.3 Å². The summed E-state index contributed by atoms with van der Waals surface area (Å²) in [7, 11) is -3.27. The van der Waals surface area contributed by atoms with Crippen molar-refractivity contribution in [3.63, 3.8) is 0 Å². The average Bonchev–Trinajstić information content (AvgIpc) is 2.88. The highest BCUT2D eigenvalue weighted by molar-refractivity contribution is 7.28. The lowest BCUT2D eigenvalue weighted by Crippen LogP contribution is -2.37. The van der Waals surface area contributed by atoms with Crippen molar-refractivity contribution in [1.29, 1.82) is 0 Å². The number of thiophene rings is 2. The highest BCUT2D eigenvalue weighted by Gasteiger charge is 2.24. The Morgan fingerprint density at radius 1 is 0.727 bits per heavy atom. The molecule has 0 aliphatic carbocycles. The van der Waals surface area contributed by atoms with Crippen LogP contribution in [0.15, 0.2) is 12.1 Å². The highest BCUT2D eigenvalue weighted by atomic mass is 32.1. The van der Waals surface area contributed by atoms with Gasteiger partial charge in [0.2, 0.25) is 0 Å². The Kier molecular flexibility index (Phi) is 4.97. The predicted molar refractivity (Wildman–Crippen MR) is 103 cm³/mol. The molecule has 2 heterocycles. The molecule has 0 amide bonds. The molecule has 0 aliphatic heterocycles. The fraction of sp³-hybridized carbons (Fsp3) is 0.375. The van der Waals surface area contributed by atoms with Crippen molar-refractivity contribution in [2.45, 2.75) is 39.3 Å². The fourth-order valence-electron chi connectivity index (χ4n) is 2.12. The van der Waals surface area contributed by atoms with E-state index in [1.807, 2.05) is 12.2 Å². The maximum absolute atomic E-state index is 14.0. The molecule has 0 bridgehead atoms. The smallest absolute Gasteiger partial charge is 0.133 e. The van der Waals surface area contributed by atoms with Crippen LogP contribution in [0, 0.1) is 11.6 Å². The van der Waals surface area contributed by atoms with Crippen molar-refractivity contribution in [2.24, 2.45) is 0 Å². The maximum Gasteiger partial charge on any atom is 0.133 e. The Bertz CT molecular complexity index is 641. The molecule has 2 aromatic rings. The molecule has 0 saturated carbocycles. The Hall–Kier alpha value is -0.566. The zero-order valence-electron chi connectivity index (χ0n) is 13.9. The third kappa shape index (κ3) is 4.04. The van der Waals surface area contributed by atoms with Gasteiger partial charge in [0.05, 0.1) is 16.1 Å². The Balaban J connectivity index is 2.27. The van der Waals surface area contributed by atoms with E-state index in [0.717, 1.165) is 18.8 Å². The van der Waals surface area contributed by atoms with Gasteiger partial charge in [-0.05, 0) is 24.3 Å². The number of hydrogen-bond acceptors (Lipinski definition) is 2. The van der Waals surface area contributed by atoms with Gasteiger partial charge in [0, 0.05) is 18.8 Å². The van der Waals surface area contributed by atoms with Gasteiger partial charge < -0.3 is 0 Å². The Morgan fingerprint density at radius 2 is 1.05 bits per heavy atom. The molecular weight excluding hydrogens is 350 g/mol. The van der Waals surface area contributed by atoms with Crippen LogP contribution in [0.3, 0.4) is 0 Å². The summed E-state index contributed by atoms with van der Waals surface area (Å²) in [4.78, 5) is 1.80. The summed E-state index contributed by atoms with van der Waals surface area (Å²) in [5.74, 6) is -0.187. The minimum atomic E-state index is -1.64. The number of rotatable bonds is 4. The van der Waals surface area contributed by atoms with Gasteiger partial charge in [-0.15, -0.1) is 22.7 Å². The first kappa shape index (κ1) is 17.8. The van der Waals surface area contributed by atoms with E-state index < -0.39 is 16.1 Å². The summed E-state index contributed by atoms with van der Waals surface area (Å²) in [5.41, 5.74) is 0. The van der Waals surface area contributed by atoms with Crippen molar-refractivity contribution in [2.75, 3.05) is 0 Å². The lowest BCUT2D eigenvalue weighted by molar-refractivity contribution is 0.639. The van der Waals surface area contributed by atoms with E-state index in [1.165, 1.54) is 22.7 Å². The normalized spacial score (nSPS) is 13.3. The molecule has 120 valence electrons. The summed E-state index contributed by atoms with van der Waals surface area (Å²) >= 11 is 3.04. The van der Waals surface area contributed by atoms with Gasteiger partial charge in [-0.25, -0.2) is 8.78 Å². The fourth-order valence-corrected chi connectivity index (χ4v) is 8.24. The Morgan fingerprint density at radius 3 is 1.27 bits per heavy atom. The first-order valence-corrected chi connectivity index (χ1v) is 15.9. The van der Waals surface area contributed by atoms with Crippen molar-refractivity contribution in [3.05, 3.63) is 33.5 Å². The molecule has 0 N–H and O–H groups in total. The van der Waals surface area contributed by atoms with Crippen LogP contribution in [0.2, 0.25) is 39.3 Å². The molecule has 0 aliphatic rings. The molecule has 0 nitrogen and oxygen atoms in total. The summed E-state index contributed by atoms with van der Waals surface area (Å²) in [6, 6.07) is 3.19. The summed E-state index contributed by atoms with van der Waals surface area (Å²) < 4.78 is 29.8. The lowest BCUT2D eigenvalue weighted by Gasteiger charge is -2.12. The average molecular weight is 373 g/mol. The second-order valence-electron chi connectivity index (χ2n) is 7.48.